The molecule has 0 spiro atoms. The molecule has 6 heteroatoms. The third kappa shape index (κ3) is 3.18. The normalized spacial score (nSPS) is 18.1. The van der Waals surface area contributed by atoms with E-state index < -0.39 is 10.0 Å². The van der Waals surface area contributed by atoms with Gasteiger partial charge in [0.2, 0.25) is 10.0 Å². The molecular weight excluding hydrogens is 280 g/mol. The fourth-order valence-electron chi connectivity index (χ4n) is 2.73. The lowest BCUT2D eigenvalue weighted by Gasteiger charge is -2.32. The maximum atomic E-state index is 12.7. The van der Waals surface area contributed by atoms with Crippen LogP contribution in [0.25, 0.3) is 0 Å². The highest BCUT2D eigenvalue weighted by molar-refractivity contribution is 7.89. The highest BCUT2D eigenvalue weighted by Crippen LogP contribution is 2.29. The molecule has 0 aliphatic heterocycles. The predicted molar refractivity (Wildman–Crippen MR) is 78.6 cm³/mol. The molecule has 4 nitrogen and oxygen atoms in total. The van der Waals surface area contributed by atoms with Crippen molar-refractivity contribution in [3.8, 4) is 0 Å². The van der Waals surface area contributed by atoms with Gasteiger partial charge in [0.1, 0.15) is 0 Å². The van der Waals surface area contributed by atoms with E-state index in [0.717, 1.165) is 30.6 Å². The van der Waals surface area contributed by atoms with Crippen molar-refractivity contribution in [1.82, 2.24) is 4.31 Å². The number of hydrogen-bond donors (Lipinski definition) is 1. The Labute approximate surface area is 119 Å². The lowest BCUT2D eigenvalue weighted by atomic mass is 9.95. The van der Waals surface area contributed by atoms with Crippen molar-refractivity contribution in [3.05, 3.63) is 16.3 Å². The molecule has 2 N–H and O–H groups in total. The topological polar surface area (TPSA) is 63.4 Å². The minimum absolute atomic E-state index is 0.171. The average molecular weight is 302 g/mol. The Kier molecular flexibility index (Phi) is 5.00. The van der Waals surface area contributed by atoms with Gasteiger partial charge in [-0.3, -0.25) is 0 Å². The SMILES string of the molecule is CCN(C1CCCCC1)S(=O)(=O)c1csc(CN)c1. The van der Waals surface area contributed by atoms with Crippen LogP contribution in [0.15, 0.2) is 16.3 Å². The van der Waals surface area contributed by atoms with Crippen molar-refractivity contribution in [2.75, 3.05) is 6.54 Å². The molecule has 0 atom stereocenters. The van der Waals surface area contributed by atoms with Crippen LogP contribution < -0.4 is 5.73 Å². The first-order chi connectivity index (χ1) is 9.09. The van der Waals surface area contributed by atoms with Crippen LogP contribution in [-0.4, -0.2) is 25.3 Å². The summed E-state index contributed by atoms with van der Waals surface area (Å²) in [6.07, 6.45) is 5.47. The summed E-state index contributed by atoms with van der Waals surface area (Å²) in [5, 5.41) is 1.71. The highest BCUT2D eigenvalue weighted by Gasteiger charge is 2.31. The Bertz CT molecular complexity index is 504. The molecule has 1 aromatic rings. The zero-order chi connectivity index (χ0) is 13.9. The van der Waals surface area contributed by atoms with E-state index in [1.807, 2.05) is 6.92 Å². The van der Waals surface area contributed by atoms with Crippen molar-refractivity contribution in [1.29, 1.82) is 0 Å². The molecule has 108 valence electrons. The van der Waals surface area contributed by atoms with E-state index in [0.29, 0.717) is 18.0 Å². The zero-order valence-corrected chi connectivity index (χ0v) is 13.0. The van der Waals surface area contributed by atoms with Crippen molar-refractivity contribution in [2.45, 2.75) is 56.5 Å². The van der Waals surface area contributed by atoms with Gasteiger partial charge in [-0.15, -0.1) is 11.3 Å². The molecule has 19 heavy (non-hydrogen) atoms. The smallest absolute Gasteiger partial charge is 0.244 e. The van der Waals surface area contributed by atoms with Crippen LogP contribution >= 0.6 is 11.3 Å². The van der Waals surface area contributed by atoms with Gasteiger partial charge in [0.05, 0.1) is 4.90 Å². The zero-order valence-electron chi connectivity index (χ0n) is 11.3. The maximum Gasteiger partial charge on any atom is 0.244 e. The summed E-state index contributed by atoms with van der Waals surface area (Å²) in [5.41, 5.74) is 5.56. The third-order valence-corrected chi connectivity index (χ3v) is 6.84. The quantitative estimate of drug-likeness (QED) is 0.909. The monoisotopic (exact) mass is 302 g/mol. The summed E-state index contributed by atoms with van der Waals surface area (Å²) in [6, 6.07) is 1.89. The van der Waals surface area contributed by atoms with Crippen LogP contribution in [0.3, 0.4) is 0 Å². The van der Waals surface area contributed by atoms with E-state index in [4.69, 9.17) is 5.73 Å². The molecule has 0 unspecified atom stereocenters. The van der Waals surface area contributed by atoms with Gasteiger partial charge in [-0.1, -0.05) is 26.2 Å². The summed E-state index contributed by atoms with van der Waals surface area (Å²) >= 11 is 1.42. The average Bonchev–Trinajstić information content (AvgIpc) is 2.90. The number of sulfonamides is 1. The molecule has 1 heterocycles. The number of thiophene rings is 1. The molecule has 0 bridgehead atoms. The summed E-state index contributed by atoms with van der Waals surface area (Å²) < 4.78 is 27.0. The minimum Gasteiger partial charge on any atom is -0.326 e. The Hall–Kier alpha value is -0.430. The van der Waals surface area contributed by atoms with E-state index in [9.17, 15) is 8.42 Å². The number of hydrogen-bond acceptors (Lipinski definition) is 4. The number of rotatable bonds is 5. The number of nitrogens with two attached hydrogens (primary N) is 1. The Balaban J connectivity index is 2.24. The summed E-state index contributed by atoms with van der Waals surface area (Å²) in [4.78, 5) is 1.32. The Morgan fingerprint density at radius 2 is 2.05 bits per heavy atom. The van der Waals surface area contributed by atoms with Crippen LogP contribution in [0, 0.1) is 0 Å². The second-order valence-corrected chi connectivity index (χ2v) is 7.84. The molecule has 1 aromatic heterocycles. The highest BCUT2D eigenvalue weighted by atomic mass is 32.2. The Morgan fingerprint density at radius 1 is 1.37 bits per heavy atom. The van der Waals surface area contributed by atoms with E-state index >= 15 is 0 Å². The predicted octanol–water partition coefficient (Wildman–Crippen LogP) is 2.55. The van der Waals surface area contributed by atoms with Gasteiger partial charge >= 0.3 is 0 Å². The lowest BCUT2D eigenvalue weighted by Crippen LogP contribution is -2.41. The van der Waals surface area contributed by atoms with E-state index in [1.165, 1.54) is 17.8 Å². The maximum absolute atomic E-state index is 12.7. The molecule has 1 fully saturated rings. The molecule has 2 rings (SSSR count). The van der Waals surface area contributed by atoms with Gasteiger partial charge < -0.3 is 5.73 Å². The van der Waals surface area contributed by atoms with Gasteiger partial charge in [-0.2, -0.15) is 4.31 Å². The first-order valence-corrected chi connectivity index (χ1v) is 9.21. The molecule has 1 aliphatic carbocycles. The molecule has 0 radical (unpaired) electrons. The minimum atomic E-state index is -3.35. The van der Waals surface area contributed by atoms with Crippen molar-refractivity contribution < 1.29 is 8.42 Å². The third-order valence-electron chi connectivity index (χ3n) is 3.73. The van der Waals surface area contributed by atoms with Gasteiger partial charge in [-0.25, -0.2) is 8.42 Å². The van der Waals surface area contributed by atoms with Gasteiger partial charge in [0, 0.05) is 29.4 Å². The molecule has 0 saturated heterocycles. The van der Waals surface area contributed by atoms with Crippen molar-refractivity contribution >= 4 is 21.4 Å². The van der Waals surface area contributed by atoms with Crippen LogP contribution in [0.1, 0.15) is 43.9 Å². The van der Waals surface area contributed by atoms with Crippen molar-refractivity contribution in [3.63, 3.8) is 0 Å². The lowest BCUT2D eigenvalue weighted by molar-refractivity contribution is 0.261. The van der Waals surface area contributed by atoms with Gasteiger partial charge in [0.15, 0.2) is 0 Å². The first-order valence-electron chi connectivity index (χ1n) is 6.89. The summed E-state index contributed by atoms with van der Waals surface area (Å²) in [6.45, 7) is 2.86. The van der Waals surface area contributed by atoms with Crippen LogP contribution in [0.2, 0.25) is 0 Å². The summed E-state index contributed by atoms with van der Waals surface area (Å²) in [5.74, 6) is 0. The second kappa shape index (κ2) is 6.35. The number of nitrogens with zero attached hydrogens (tertiary/aromatic N) is 1. The summed E-state index contributed by atoms with van der Waals surface area (Å²) in [7, 11) is -3.35. The fraction of sp³-hybridized carbons (Fsp3) is 0.692. The van der Waals surface area contributed by atoms with Crippen molar-refractivity contribution in [2.24, 2.45) is 5.73 Å². The van der Waals surface area contributed by atoms with Crippen LogP contribution in [0.5, 0.6) is 0 Å². The van der Waals surface area contributed by atoms with Crippen LogP contribution in [0.4, 0.5) is 0 Å². The molecular formula is C13H22N2O2S2. The Morgan fingerprint density at radius 3 is 2.58 bits per heavy atom. The largest absolute Gasteiger partial charge is 0.326 e. The molecule has 0 amide bonds. The molecule has 1 saturated carbocycles. The van der Waals surface area contributed by atoms with E-state index in [2.05, 4.69) is 0 Å². The van der Waals surface area contributed by atoms with Gasteiger partial charge in [-0.05, 0) is 18.9 Å². The molecule has 0 aromatic carbocycles. The fourth-order valence-corrected chi connectivity index (χ4v) is 5.57. The van der Waals surface area contributed by atoms with Crippen LogP contribution in [-0.2, 0) is 16.6 Å². The second-order valence-electron chi connectivity index (χ2n) is 4.95. The standard InChI is InChI=1S/C13H22N2O2S2/c1-2-15(11-6-4-3-5-7-11)19(16,17)13-8-12(9-14)18-10-13/h8,10-11H,2-7,9,14H2,1H3. The van der Waals surface area contributed by atoms with E-state index in [1.54, 1.807) is 15.8 Å². The first kappa shape index (κ1) is 15.0. The van der Waals surface area contributed by atoms with Gasteiger partial charge in [0.25, 0.3) is 0 Å². The molecule has 1 aliphatic rings. The van der Waals surface area contributed by atoms with E-state index in [-0.39, 0.29) is 6.04 Å².